The third-order valence-corrected chi connectivity index (χ3v) is 7.32. The molecule has 0 aliphatic carbocycles. The lowest BCUT2D eigenvalue weighted by Gasteiger charge is -2.20. The fourth-order valence-electron chi connectivity index (χ4n) is 3.97. The first kappa shape index (κ1) is 23.1. The minimum Gasteiger partial charge on any atom is -0.494 e. The lowest BCUT2D eigenvalue weighted by atomic mass is 10.0. The van der Waals surface area contributed by atoms with Gasteiger partial charge in [-0.15, -0.1) is 0 Å². The molecule has 0 N–H and O–H groups in total. The van der Waals surface area contributed by atoms with Gasteiger partial charge in [-0.2, -0.15) is 0 Å². The summed E-state index contributed by atoms with van der Waals surface area (Å²) in [5.74, 6) is 0.814. The number of aromatic nitrogens is 2. The van der Waals surface area contributed by atoms with Crippen LogP contribution in [0.1, 0.15) is 27.2 Å². The summed E-state index contributed by atoms with van der Waals surface area (Å²) in [4.78, 5) is 20.7. The predicted octanol–water partition coefficient (Wildman–Crippen LogP) is 7.08. The zero-order chi connectivity index (χ0) is 24.5. The Bertz CT molecular complexity index is 1530. The number of methoxy groups -OCH3 is 1. The van der Waals surface area contributed by atoms with Gasteiger partial charge in [-0.3, -0.25) is 9.69 Å². The molecule has 6 nitrogen and oxygen atoms in total. The molecule has 0 atom stereocenters. The van der Waals surface area contributed by atoms with Gasteiger partial charge < -0.3 is 9.26 Å². The standard InChI is InChI=1S/C27H22ClN3O3S/c1-16-13-14-21(33-3)24-25(16)35-27(29-24)31(15-18-9-5-4-6-10-18)26(32)22-17(2)34-30-23(22)19-11-7-8-12-20(19)28/h4-14H,15H2,1-3H3. The maximum atomic E-state index is 14.2. The molecule has 0 unspecified atom stereocenters. The van der Waals surface area contributed by atoms with Crippen molar-refractivity contribution in [2.45, 2.75) is 20.4 Å². The second-order valence-electron chi connectivity index (χ2n) is 8.08. The number of nitrogens with zero attached hydrogens (tertiary/aromatic N) is 3. The van der Waals surface area contributed by atoms with Crippen LogP contribution in [-0.2, 0) is 6.54 Å². The second kappa shape index (κ2) is 9.52. The van der Waals surface area contributed by atoms with Crippen LogP contribution in [0.25, 0.3) is 21.5 Å². The maximum Gasteiger partial charge on any atom is 0.266 e. The van der Waals surface area contributed by atoms with Crippen molar-refractivity contribution in [1.29, 1.82) is 0 Å². The monoisotopic (exact) mass is 503 g/mol. The number of hydrogen-bond donors (Lipinski definition) is 0. The molecule has 0 aliphatic rings. The van der Waals surface area contributed by atoms with Crippen LogP contribution in [0, 0.1) is 13.8 Å². The number of rotatable bonds is 6. The molecule has 2 heterocycles. The third kappa shape index (κ3) is 4.29. The highest BCUT2D eigenvalue weighted by molar-refractivity contribution is 7.22. The summed E-state index contributed by atoms with van der Waals surface area (Å²) in [6.07, 6.45) is 0. The van der Waals surface area contributed by atoms with Crippen LogP contribution in [0.3, 0.4) is 0 Å². The first-order chi connectivity index (χ1) is 17.0. The van der Waals surface area contributed by atoms with Gasteiger partial charge in [-0.05, 0) is 37.1 Å². The number of carbonyl (C=O) groups excluding carboxylic acids is 1. The van der Waals surface area contributed by atoms with E-state index in [1.807, 2.05) is 67.6 Å². The number of anilines is 1. The number of halogens is 1. The van der Waals surface area contributed by atoms with Crippen molar-refractivity contribution in [2.24, 2.45) is 0 Å². The fraction of sp³-hybridized carbons (Fsp3) is 0.148. The Kier molecular flexibility index (Phi) is 6.28. The Morgan fingerprint density at radius 1 is 1.06 bits per heavy atom. The smallest absolute Gasteiger partial charge is 0.266 e. The van der Waals surface area contributed by atoms with Gasteiger partial charge in [-0.1, -0.05) is 82.7 Å². The number of aryl methyl sites for hydroxylation is 2. The highest BCUT2D eigenvalue weighted by Gasteiger charge is 2.30. The van der Waals surface area contributed by atoms with E-state index in [4.69, 9.17) is 25.8 Å². The highest BCUT2D eigenvalue weighted by atomic mass is 35.5. The van der Waals surface area contributed by atoms with E-state index in [-0.39, 0.29) is 5.91 Å². The van der Waals surface area contributed by atoms with E-state index in [1.165, 1.54) is 11.3 Å². The molecule has 3 aromatic carbocycles. The summed E-state index contributed by atoms with van der Waals surface area (Å²) in [5, 5.41) is 5.24. The number of amides is 1. The SMILES string of the molecule is COc1ccc(C)c2sc(N(Cc3ccccc3)C(=O)c3c(-c4ccccc4Cl)noc3C)nc12. The van der Waals surface area contributed by atoms with E-state index in [0.29, 0.717) is 45.0 Å². The van der Waals surface area contributed by atoms with Gasteiger partial charge in [0.1, 0.15) is 28.3 Å². The Balaban J connectivity index is 1.67. The summed E-state index contributed by atoms with van der Waals surface area (Å²) >= 11 is 7.90. The molecule has 5 aromatic rings. The number of carbonyl (C=O) groups is 1. The molecule has 5 rings (SSSR count). The zero-order valence-corrected chi connectivity index (χ0v) is 21.0. The van der Waals surface area contributed by atoms with Gasteiger partial charge in [-0.25, -0.2) is 4.98 Å². The molecular formula is C27H22ClN3O3S. The molecule has 176 valence electrons. The van der Waals surface area contributed by atoms with Crippen LogP contribution in [-0.4, -0.2) is 23.2 Å². The number of thiazole rings is 1. The molecule has 0 fully saturated rings. The minimum atomic E-state index is -0.266. The van der Waals surface area contributed by atoms with E-state index in [0.717, 1.165) is 21.3 Å². The van der Waals surface area contributed by atoms with E-state index < -0.39 is 0 Å². The van der Waals surface area contributed by atoms with E-state index >= 15 is 0 Å². The first-order valence-corrected chi connectivity index (χ1v) is 12.2. The van der Waals surface area contributed by atoms with Gasteiger partial charge in [0.05, 0.1) is 23.4 Å². The van der Waals surface area contributed by atoms with Crippen molar-refractivity contribution in [3.8, 4) is 17.0 Å². The Morgan fingerprint density at radius 2 is 1.80 bits per heavy atom. The van der Waals surface area contributed by atoms with Crippen molar-refractivity contribution in [3.63, 3.8) is 0 Å². The quantitative estimate of drug-likeness (QED) is 0.248. The molecule has 8 heteroatoms. The van der Waals surface area contributed by atoms with Crippen molar-refractivity contribution >= 4 is 44.2 Å². The fourth-order valence-corrected chi connectivity index (χ4v) is 5.24. The Morgan fingerprint density at radius 3 is 2.54 bits per heavy atom. The number of fused-ring (bicyclic) bond motifs is 1. The van der Waals surface area contributed by atoms with E-state index in [9.17, 15) is 4.79 Å². The number of hydrogen-bond acceptors (Lipinski definition) is 6. The number of benzene rings is 3. The van der Waals surface area contributed by atoms with Crippen molar-refractivity contribution in [2.75, 3.05) is 12.0 Å². The van der Waals surface area contributed by atoms with Gasteiger partial charge in [0, 0.05) is 5.56 Å². The lowest BCUT2D eigenvalue weighted by Crippen LogP contribution is -2.31. The zero-order valence-electron chi connectivity index (χ0n) is 19.4. The maximum absolute atomic E-state index is 14.2. The highest BCUT2D eigenvalue weighted by Crippen LogP contribution is 2.39. The third-order valence-electron chi connectivity index (χ3n) is 5.78. The molecule has 0 aliphatic heterocycles. The van der Waals surface area contributed by atoms with Crippen LogP contribution in [0.15, 0.2) is 71.3 Å². The molecule has 0 bridgehead atoms. The van der Waals surface area contributed by atoms with Crippen molar-refractivity contribution in [3.05, 3.63) is 94.2 Å². The molecular weight excluding hydrogens is 482 g/mol. The molecule has 1 amide bonds. The average Bonchev–Trinajstić information content (AvgIpc) is 3.48. The van der Waals surface area contributed by atoms with Crippen molar-refractivity contribution in [1.82, 2.24) is 10.1 Å². The normalized spacial score (nSPS) is 11.1. The molecule has 2 aromatic heterocycles. The Labute approximate surface area is 211 Å². The second-order valence-corrected chi connectivity index (χ2v) is 9.46. The van der Waals surface area contributed by atoms with Crippen LogP contribution < -0.4 is 9.64 Å². The summed E-state index contributed by atoms with van der Waals surface area (Å²) < 4.78 is 12.0. The summed E-state index contributed by atoms with van der Waals surface area (Å²) in [6, 6.07) is 21.0. The Hall–Kier alpha value is -3.68. The molecule has 35 heavy (non-hydrogen) atoms. The van der Waals surface area contributed by atoms with Crippen LogP contribution in [0.4, 0.5) is 5.13 Å². The van der Waals surface area contributed by atoms with E-state index in [1.54, 1.807) is 25.0 Å². The minimum absolute atomic E-state index is 0.266. The molecule has 0 spiro atoms. The predicted molar refractivity (Wildman–Crippen MR) is 140 cm³/mol. The largest absolute Gasteiger partial charge is 0.494 e. The average molecular weight is 504 g/mol. The number of ether oxygens (including phenoxy) is 1. The summed E-state index contributed by atoms with van der Waals surface area (Å²) in [5.41, 5.74) is 4.16. The van der Waals surface area contributed by atoms with Gasteiger partial charge in [0.2, 0.25) is 0 Å². The summed E-state index contributed by atoms with van der Waals surface area (Å²) in [7, 11) is 1.62. The van der Waals surface area contributed by atoms with Gasteiger partial charge in [0.25, 0.3) is 5.91 Å². The van der Waals surface area contributed by atoms with Crippen molar-refractivity contribution < 1.29 is 14.1 Å². The molecule has 0 radical (unpaired) electrons. The van der Waals surface area contributed by atoms with Gasteiger partial charge >= 0.3 is 0 Å². The molecule has 0 saturated carbocycles. The molecule has 0 saturated heterocycles. The van der Waals surface area contributed by atoms with E-state index in [2.05, 4.69) is 5.16 Å². The lowest BCUT2D eigenvalue weighted by molar-refractivity contribution is 0.0984. The van der Waals surface area contributed by atoms with Gasteiger partial charge in [0.15, 0.2) is 5.13 Å². The van der Waals surface area contributed by atoms with Crippen LogP contribution in [0.2, 0.25) is 5.02 Å². The first-order valence-electron chi connectivity index (χ1n) is 11.0. The topological polar surface area (TPSA) is 68.5 Å². The van der Waals surface area contributed by atoms with Crippen LogP contribution in [0.5, 0.6) is 5.75 Å². The summed E-state index contributed by atoms with van der Waals surface area (Å²) in [6.45, 7) is 4.08. The van der Waals surface area contributed by atoms with Crippen LogP contribution >= 0.6 is 22.9 Å².